The number of halogens is 1. The first kappa shape index (κ1) is 17.0. The Morgan fingerprint density at radius 2 is 1.74 bits per heavy atom. The zero-order valence-electron chi connectivity index (χ0n) is 14.7. The number of H-pyrrole nitrogens is 1. The van der Waals surface area contributed by atoms with E-state index in [-0.39, 0.29) is 11.7 Å². The molecule has 4 aromatic rings. The molecule has 1 heterocycles. The van der Waals surface area contributed by atoms with E-state index in [1.54, 1.807) is 6.07 Å². The molecule has 2 N–H and O–H groups in total. The molecule has 1 amide bonds. The molecule has 3 nitrogen and oxygen atoms in total. The molecule has 0 saturated carbocycles. The van der Waals surface area contributed by atoms with Crippen LogP contribution in [0.2, 0.25) is 0 Å². The van der Waals surface area contributed by atoms with Crippen LogP contribution in [-0.4, -0.2) is 10.9 Å². The molecule has 0 radical (unpaired) electrons. The fourth-order valence-corrected chi connectivity index (χ4v) is 3.20. The number of carbonyl (C=O) groups excluding carboxylic acids is 1. The summed E-state index contributed by atoms with van der Waals surface area (Å²) in [4.78, 5) is 15.3. The van der Waals surface area contributed by atoms with Gasteiger partial charge in [0.25, 0.3) is 0 Å². The Hall–Kier alpha value is -3.40. The SMILES string of the molecule is O=C(CCc1ccccc1)Nc1ccc(-c2c[nH]c3cc(F)ccc23)cc1. The number of nitrogens with one attached hydrogen (secondary N) is 2. The standard InChI is InChI=1S/C23H19FN2O/c24-18-9-12-20-21(15-25-22(20)14-18)17-7-10-19(11-8-17)26-23(27)13-6-16-4-2-1-3-5-16/h1-5,7-12,14-15,25H,6,13H2,(H,26,27). The first-order valence-corrected chi connectivity index (χ1v) is 8.90. The largest absolute Gasteiger partial charge is 0.360 e. The fourth-order valence-electron chi connectivity index (χ4n) is 3.20. The van der Waals surface area contributed by atoms with E-state index in [1.807, 2.05) is 60.8 Å². The Bertz CT molecular complexity index is 1070. The Morgan fingerprint density at radius 1 is 0.963 bits per heavy atom. The van der Waals surface area contributed by atoms with Gasteiger partial charge in [-0.25, -0.2) is 4.39 Å². The van der Waals surface area contributed by atoms with Gasteiger partial charge < -0.3 is 10.3 Å². The Kier molecular flexibility index (Phi) is 4.71. The molecule has 0 unspecified atom stereocenters. The van der Waals surface area contributed by atoms with Crippen LogP contribution >= 0.6 is 0 Å². The van der Waals surface area contributed by atoms with Crippen molar-refractivity contribution in [3.63, 3.8) is 0 Å². The molecule has 0 aliphatic heterocycles. The highest BCUT2D eigenvalue weighted by Crippen LogP contribution is 2.29. The van der Waals surface area contributed by atoms with Crippen LogP contribution in [0.3, 0.4) is 0 Å². The monoisotopic (exact) mass is 358 g/mol. The summed E-state index contributed by atoms with van der Waals surface area (Å²) in [5, 5.41) is 3.90. The van der Waals surface area contributed by atoms with E-state index in [0.29, 0.717) is 6.42 Å². The number of carbonyl (C=O) groups is 1. The molecule has 1 aromatic heterocycles. The molecule has 4 heteroatoms. The highest BCUT2D eigenvalue weighted by Gasteiger charge is 2.08. The number of hydrogen-bond donors (Lipinski definition) is 2. The number of aryl methyl sites for hydroxylation is 1. The maximum atomic E-state index is 13.3. The second-order valence-corrected chi connectivity index (χ2v) is 6.50. The highest BCUT2D eigenvalue weighted by atomic mass is 19.1. The van der Waals surface area contributed by atoms with Crippen molar-refractivity contribution in [2.75, 3.05) is 5.32 Å². The number of fused-ring (bicyclic) bond motifs is 1. The molecule has 4 rings (SSSR count). The van der Waals surface area contributed by atoms with E-state index in [9.17, 15) is 9.18 Å². The predicted octanol–water partition coefficient (Wildman–Crippen LogP) is 5.55. The van der Waals surface area contributed by atoms with Crippen molar-refractivity contribution < 1.29 is 9.18 Å². The van der Waals surface area contributed by atoms with Gasteiger partial charge in [0.1, 0.15) is 5.82 Å². The molecular formula is C23H19FN2O. The van der Waals surface area contributed by atoms with Crippen molar-refractivity contribution in [1.29, 1.82) is 0 Å². The number of aromatic amines is 1. The molecule has 134 valence electrons. The number of aromatic nitrogens is 1. The van der Waals surface area contributed by atoms with Crippen LogP contribution in [0.25, 0.3) is 22.0 Å². The van der Waals surface area contributed by atoms with E-state index in [0.717, 1.165) is 39.7 Å². The molecule has 27 heavy (non-hydrogen) atoms. The average Bonchev–Trinajstić information content (AvgIpc) is 3.11. The van der Waals surface area contributed by atoms with E-state index in [4.69, 9.17) is 0 Å². The van der Waals surface area contributed by atoms with Crippen LogP contribution in [0.15, 0.2) is 79.0 Å². The summed E-state index contributed by atoms with van der Waals surface area (Å²) in [5.74, 6) is -0.265. The first-order chi connectivity index (χ1) is 13.2. The summed E-state index contributed by atoms with van der Waals surface area (Å²) in [6, 6.07) is 22.4. The summed E-state index contributed by atoms with van der Waals surface area (Å²) in [7, 11) is 0. The molecule has 0 fully saturated rings. The third-order valence-electron chi connectivity index (χ3n) is 4.61. The Labute approximate surface area is 156 Å². The minimum absolute atomic E-state index is 0.00540. The van der Waals surface area contributed by atoms with Gasteiger partial charge in [0.2, 0.25) is 5.91 Å². The van der Waals surface area contributed by atoms with E-state index in [2.05, 4.69) is 10.3 Å². The Morgan fingerprint density at radius 3 is 2.52 bits per heavy atom. The number of hydrogen-bond acceptors (Lipinski definition) is 1. The first-order valence-electron chi connectivity index (χ1n) is 8.90. The number of rotatable bonds is 5. The second kappa shape index (κ2) is 7.46. The Balaban J connectivity index is 1.43. The van der Waals surface area contributed by atoms with E-state index >= 15 is 0 Å². The van der Waals surface area contributed by atoms with Crippen molar-refractivity contribution in [3.8, 4) is 11.1 Å². The van der Waals surface area contributed by atoms with E-state index in [1.165, 1.54) is 12.1 Å². The molecule has 0 spiro atoms. The lowest BCUT2D eigenvalue weighted by molar-refractivity contribution is -0.116. The number of amides is 1. The van der Waals surface area contributed by atoms with Crippen LogP contribution in [0.5, 0.6) is 0 Å². The van der Waals surface area contributed by atoms with Gasteiger partial charge in [-0.2, -0.15) is 0 Å². The minimum Gasteiger partial charge on any atom is -0.360 e. The van der Waals surface area contributed by atoms with Crippen molar-refractivity contribution in [3.05, 3.63) is 90.4 Å². The topological polar surface area (TPSA) is 44.9 Å². The quantitative estimate of drug-likeness (QED) is 0.483. The highest BCUT2D eigenvalue weighted by molar-refractivity contribution is 5.96. The predicted molar refractivity (Wildman–Crippen MR) is 107 cm³/mol. The summed E-state index contributed by atoms with van der Waals surface area (Å²) in [5.41, 5.74) is 4.70. The molecule has 0 saturated heterocycles. The van der Waals surface area contributed by atoms with Gasteiger partial charge >= 0.3 is 0 Å². The second-order valence-electron chi connectivity index (χ2n) is 6.50. The molecule has 3 aromatic carbocycles. The van der Waals surface area contributed by atoms with Crippen LogP contribution in [0, 0.1) is 5.82 Å². The van der Waals surface area contributed by atoms with Gasteiger partial charge in [0.15, 0.2) is 0 Å². The third kappa shape index (κ3) is 3.90. The van der Waals surface area contributed by atoms with E-state index < -0.39 is 0 Å². The van der Waals surface area contributed by atoms with Crippen molar-refractivity contribution in [2.24, 2.45) is 0 Å². The van der Waals surface area contributed by atoms with Gasteiger partial charge in [-0.1, -0.05) is 42.5 Å². The number of anilines is 1. The molecular weight excluding hydrogens is 339 g/mol. The maximum Gasteiger partial charge on any atom is 0.224 e. The molecule has 0 aliphatic rings. The van der Waals surface area contributed by atoms with Crippen molar-refractivity contribution in [1.82, 2.24) is 4.98 Å². The van der Waals surface area contributed by atoms with Crippen molar-refractivity contribution >= 4 is 22.5 Å². The maximum absolute atomic E-state index is 13.3. The zero-order valence-corrected chi connectivity index (χ0v) is 14.7. The van der Waals surface area contributed by atoms with Gasteiger partial charge in [0, 0.05) is 34.8 Å². The lowest BCUT2D eigenvalue weighted by Crippen LogP contribution is -2.12. The lowest BCUT2D eigenvalue weighted by Gasteiger charge is -2.07. The van der Waals surface area contributed by atoms with Gasteiger partial charge in [-0.3, -0.25) is 4.79 Å². The van der Waals surface area contributed by atoms with Gasteiger partial charge in [0.05, 0.1) is 0 Å². The summed E-state index contributed by atoms with van der Waals surface area (Å²) < 4.78 is 13.3. The fraction of sp³-hybridized carbons (Fsp3) is 0.0870. The van der Waals surface area contributed by atoms with Crippen LogP contribution in [0.4, 0.5) is 10.1 Å². The van der Waals surface area contributed by atoms with Gasteiger partial charge in [-0.05, 0) is 47.9 Å². The molecule has 0 atom stereocenters. The zero-order chi connectivity index (χ0) is 18.6. The third-order valence-corrected chi connectivity index (χ3v) is 4.61. The lowest BCUT2D eigenvalue weighted by atomic mass is 10.0. The number of benzene rings is 3. The smallest absolute Gasteiger partial charge is 0.224 e. The van der Waals surface area contributed by atoms with Crippen LogP contribution in [-0.2, 0) is 11.2 Å². The van der Waals surface area contributed by atoms with Gasteiger partial charge in [-0.15, -0.1) is 0 Å². The minimum atomic E-state index is -0.260. The van der Waals surface area contributed by atoms with Crippen LogP contribution < -0.4 is 5.32 Å². The summed E-state index contributed by atoms with van der Waals surface area (Å²) >= 11 is 0. The average molecular weight is 358 g/mol. The van der Waals surface area contributed by atoms with Crippen LogP contribution in [0.1, 0.15) is 12.0 Å². The summed E-state index contributed by atoms with van der Waals surface area (Å²) in [6.07, 6.45) is 3.04. The summed E-state index contributed by atoms with van der Waals surface area (Å²) in [6.45, 7) is 0. The normalized spacial score (nSPS) is 10.9. The molecule has 0 aliphatic carbocycles. The molecule has 0 bridgehead atoms. The van der Waals surface area contributed by atoms with Crippen molar-refractivity contribution in [2.45, 2.75) is 12.8 Å².